The van der Waals surface area contributed by atoms with Crippen LogP contribution in [-0.4, -0.2) is 47.9 Å². The Hall–Kier alpha value is -1.99. The number of rotatable bonds is 3. The van der Waals surface area contributed by atoms with E-state index in [9.17, 15) is 9.59 Å². The monoisotopic (exact) mass is 367 g/mol. The van der Waals surface area contributed by atoms with Gasteiger partial charge < -0.3 is 19.5 Å². The van der Waals surface area contributed by atoms with Gasteiger partial charge in [-0.05, 0) is 41.6 Å². The molecule has 1 aliphatic rings. The lowest BCUT2D eigenvalue weighted by atomic mass is 10.3. The van der Waals surface area contributed by atoms with Crippen molar-refractivity contribution >= 4 is 34.9 Å². The van der Waals surface area contributed by atoms with E-state index in [4.69, 9.17) is 16.0 Å². The Morgan fingerprint density at radius 2 is 1.96 bits per heavy atom. The molecule has 0 saturated carbocycles. The second-order valence-corrected chi connectivity index (χ2v) is 6.88. The third kappa shape index (κ3) is 4.10. The Bertz CT molecular complexity index is 701. The van der Waals surface area contributed by atoms with Crippen molar-refractivity contribution in [3.05, 3.63) is 45.5 Å². The molecule has 3 rings (SSSR count). The quantitative estimate of drug-likeness (QED) is 0.906. The van der Waals surface area contributed by atoms with Gasteiger partial charge in [0.2, 0.25) is 0 Å². The molecule has 1 aliphatic heterocycles. The van der Waals surface area contributed by atoms with Crippen molar-refractivity contribution in [2.45, 2.75) is 13.0 Å². The minimum absolute atomic E-state index is 0.0984. The third-order valence-corrected chi connectivity index (χ3v) is 4.93. The molecule has 0 unspecified atom stereocenters. The topological polar surface area (TPSA) is 65.8 Å². The first kappa shape index (κ1) is 16.9. The average molecular weight is 368 g/mol. The van der Waals surface area contributed by atoms with E-state index < -0.39 is 0 Å². The summed E-state index contributed by atoms with van der Waals surface area (Å²) >= 11 is 7.33. The number of amides is 3. The van der Waals surface area contributed by atoms with Crippen LogP contribution in [0.3, 0.4) is 0 Å². The Morgan fingerprint density at radius 3 is 2.67 bits per heavy atom. The molecule has 2 aromatic rings. The Labute approximate surface area is 149 Å². The maximum atomic E-state index is 12.4. The fourth-order valence-corrected chi connectivity index (χ4v) is 3.39. The molecule has 6 nitrogen and oxygen atoms in total. The molecule has 128 valence electrons. The number of thiophene rings is 1. The zero-order valence-corrected chi connectivity index (χ0v) is 14.6. The van der Waals surface area contributed by atoms with Crippen LogP contribution in [-0.2, 0) is 6.54 Å². The lowest BCUT2D eigenvalue weighted by molar-refractivity contribution is 0.0730. The van der Waals surface area contributed by atoms with Gasteiger partial charge in [-0.2, -0.15) is 0 Å². The summed E-state index contributed by atoms with van der Waals surface area (Å²) in [4.78, 5) is 29.2. The molecule has 0 aromatic carbocycles. The lowest BCUT2D eigenvalue weighted by Crippen LogP contribution is -2.42. The van der Waals surface area contributed by atoms with Crippen molar-refractivity contribution in [1.82, 2.24) is 15.1 Å². The van der Waals surface area contributed by atoms with Crippen LogP contribution >= 0.6 is 22.9 Å². The van der Waals surface area contributed by atoms with Crippen molar-refractivity contribution in [3.8, 4) is 0 Å². The number of nitrogens with one attached hydrogen (secondary N) is 1. The molecule has 0 atom stereocenters. The van der Waals surface area contributed by atoms with Crippen molar-refractivity contribution in [2.24, 2.45) is 0 Å². The Kier molecular flexibility index (Phi) is 5.42. The van der Waals surface area contributed by atoms with Crippen molar-refractivity contribution in [1.29, 1.82) is 0 Å². The van der Waals surface area contributed by atoms with E-state index in [0.717, 1.165) is 11.3 Å². The average Bonchev–Trinajstić information content (AvgIpc) is 3.18. The van der Waals surface area contributed by atoms with Crippen molar-refractivity contribution in [3.63, 3.8) is 0 Å². The maximum absolute atomic E-state index is 12.4. The van der Waals surface area contributed by atoms with Crippen LogP contribution in [0.5, 0.6) is 0 Å². The molecular formula is C16H18ClN3O3S. The summed E-state index contributed by atoms with van der Waals surface area (Å²) in [6, 6.07) is 6.97. The predicted octanol–water partition coefficient (Wildman–Crippen LogP) is 3.05. The number of carbonyl (C=O) groups is 2. The number of hydrogen-bond donors (Lipinski definition) is 1. The molecule has 1 saturated heterocycles. The molecule has 1 N–H and O–H groups in total. The molecule has 24 heavy (non-hydrogen) atoms. The van der Waals surface area contributed by atoms with E-state index in [-0.39, 0.29) is 22.9 Å². The van der Waals surface area contributed by atoms with Gasteiger partial charge in [0.25, 0.3) is 5.91 Å². The molecular weight excluding hydrogens is 350 g/mol. The summed E-state index contributed by atoms with van der Waals surface area (Å²) < 4.78 is 5.18. The summed E-state index contributed by atoms with van der Waals surface area (Å²) in [5.41, 5.74) is 0. The normalized spacial score (nSPS) is 15.2. The van der Waals surface area contributed by atoms with Crippen LogP contribution in [0.1, 0.15) is 21.9 Å². The molecule has 0 radical (unpaired) electrons. The van der Waals surface area contributed by atoms with Crippen LogP contribution in [0.15, 0.2) is 34.1 Å². The van der Waals surface area contributed by atoms with Crippen LogP contribution in [0.25, 0.3) is 0 Å². The molecule has 2 aromatic heterocycles. The van der Waals surface area contributed by atoms with Crippen molar-refractivity contribution < 1.29 is 14.0 Å². The van der Waals surface area contributed by atoms with E-state index in [0.29, 0.717) is 32.7 Å². The minimum Gasteiger partial charge on any atom is -0.440 e. The van der Waals surface area contributed by atoms with Crippen LogP contribution in [0.4, 0.5) is 4.79 Å². The third-order valence-electron chi connectivity index (χ3n) is 3.85. The second-order valence-electron chi connectivity index (χ2n) is 5.47. The molecule has 3 heterocycles. The maximum Gasteiger partial charge on any atom is 0.317 e. The van der Waals surface area contributed by atoms with Gasteiger partial charge in [-0.15, -0.1) is 11.3 Å². The van der Waals surface area contributed by atoms with Gasteiger partial charge in [0, 0.05) is 31.1 Å². The molecule has 1 fully saturated rings. The van der Waals surface area contributed by atoms with Crippen LogP contribution < -0.4 is 5.32 Å². The summed E-state index contributed by atoms with van der Waals surface area (Å²) in [6.07, 6.45) is 0.729. The first-order chi connectivity index (χ1) is 11.6. The molecule has 8 heteroatoms. The number of hydrogen-bond acceptors (Lipinski definition) is 4. The number of nitrogens with zero attached hydrogens (tertiary/aromatic N) is 2. The van der Waals surface area contributed by atoms with E-state index in [1.54, 1.807) is 33.3 Å². The lowest BCUT2D eigenvalue weighted by Gasteiger charge is -2.21. The van der Waals surface area contributed by atoms with Crippen molar-refractivity contribution in [2.75, 3.05) is 26.2 Å². The molecule has 0 spiro atoms. The van der Waals surface area contributed by atoms with Gasteiger partial charge >= 0.3 is 6.03 Å². The summed E-state index contributed by atoms with van der Waals surface area (Å²) in [7, 11) is 0. The minimum atomic E-state index is -0.192. The standard InChI is InChI=1S/C16H18ClN3O3S/c17-14-5-4-13(23-14)15(21)19-6-2-7-20(9-8-19)16(22)18-11-12-3-1-10-24-12/h1,3-5,10H,2,6-9,11H2,(H,18,22). The highest BCUT2D eigenvalue weighted by atomic mass is 35.5. The number of carbonyl (C=O) groups excluding carboxylic acids is 2. The highest BCUT2D eigenvalue weighted by Gasteiger charge is 2.24. The van der Waals surface area contributed by atoms with Gasteiger partial charge in [-0.25, -0.2) is 4.79 Å². The van der Waals surface area contributed by atoms with Gasteiger partial charge in [0.1, 0.15) is 0 Å². The molecule has 3 amide bonds. The van der Waals surface area contributed by atoms with E-state index in [1.807, 2.05) is 17.5 Å². The number of urea groups is 1. The highest BCUT2D eigenvalue weighted by Crippen LogP contribution is 2.16. The smallest absolute Gasteiger partial charge is 0.317 e. The first-order valence-corrected chi connectivity index (χ1v) is 8.99. The van der Waals surface area contributed by atoms with E-state index >= 15 is 0 Å². The largest absolute Gasteiger partial charge is 0.440 e. The van der Waals surface area contributed by atoms with Gasteiger partial charge in [0.05, 0.1) is 6.54 Å². The zero-order valence-electron chi connectivity index (χ0n) is 13.0. The van der Waals surface area contributed by atoms with E-state index in [2.05, 4.69) is 5.32 Å². The summed E-state index contributed by atoms with van der Waals surface area (Å²) in [5, 5.41) is 5.10. The fourth-order valence-electron chi connectivity index (χ4n) is 2.60. The molecule has 0 bridgehead atoms. The highest BCUT2D eigenvalue weighted by molar-refractivity contribution is 7.09. The zero-order chi connectivity index (χ0) is 16.9. The number of halogens is 1. The van der Waals surface area contributed by atoms with Gasteiger partial charge in [-0.3, -0.25) is 4.79 Å². The first-order valence-electron chi connectivity index (χ1n) is 7.73. The Morgan fingerprint density at radius 1 is 1.17 bits per heavy atom. The second kappa shape index (κ2) is 7.72. The number of furan rings is 1. The summed E-state index contributed by atoms with van der Waals surface area (Å²) in [5.74, 6) is 0.0401. The van der Waals surface area contributed by atoms with Crippen LogP contribution in [0, 0.1) is 0 Å². The van der Waals surface area contributed by atoms with Gasteiger partial charge in [0.15, 0.2) is 11.0 Å². The SMILES string of the molecule is O=C(NCc1cccs1)N1CCCN(C(=O)c2ccc(Cl)o2)CC1. The predicted molar refractivity (Wildman–Crippen MR) is 92.4 cm³/mol. The van der Waals surface area contributed by atoms with Gasteiger partial charge in [-0.1, -0.05) is 6.07 Å². The fraction of sp³-hybridized carbons (Fsp3) is 0.375. The van der Waals surface area contributed by atoms with Crippen LogP contribution in [0.2, 0.25) is 5.22 Å². The summed E-state index contributed by atoms with van der Waals surface area (Å²) in [6.45, 7) is 2.71. The Balaban J connectivity index is 1.52. The van der Waals surface area contributed by atoms with E-state index in [1.165, 1.54) is 0 Å². The molecule has 0 aliphatic carbocycles.